The minimum atomic E-state index is 0.767. The fourth-order valence-electron chi connectivity index (χ4n) is 2.78. The summed E-state index contributed by atoms with van der Waals surface area (Å²) >= 11 is 0. The van der Waals surface area contributed by atoms with Gasteiger partial charge in [-0.3, -0.25) is 0 Å². The Bertz CT molecular complexity index is 838. The fourth-order valence-corrected chi connectivity index (χ4v) is 2.78. The third-order valence-corrected chi connectivity index (χ3v) is 4.08. The molecule has 126 valence electrons. The van der Waals surface area contributed by atoms with Crippen LogP contribution in [0.2, 0.25) is 0 Å². The molecule has 3 rings (SSSR count). The van der Waals surface area contributed by atoms with E-state index in [1.807, 2.05) is 18.2 Å². The van der Waals surface area contributed by atoms with Crippen molar-refractivity contribution in [2.45, 2.75) is 6.92 Å². The smallest absolute Gasteiger partial charge is 0.141 e. The van der Waals surface area contributed by atoms with Gasteiger partial charge in [-0.1, -0.05) is 78.4 Å². The van der Waals surface area contributed by atoms with Crippen LogP contribution in [-0.4, -0.2) is 13.7 Å². The minimum Gasteiger partial charge on any atom is -0.495 e. The lowest BCUT2D eigenvalue weighted by Gasteiger charge is -2.13. The van der Waals surface area contributed by atoms with Gasteiger partial charge in [-0.2, -0.15) is 0 Å². The topological polar surface area (TPSA) is 21.3 Å². The summed E-state index contributed by atoms with van der Waals surface area (Å²) in [5.74, 6) is 0.854. The maximum Gasteiger partial charge on any atom is 0.141 e. The number of hydrogen-bond donors (Lipinski definition) is 1. The highest BCUT2D eigenvalue weighted by Gasteiger charge is 2.06. The molecule has 0 aliphatic heterocycles. The van der Waals surface area contributed by atoms with Crippen LogP contribution in [0.15, 0.2) is 84.4 Å². The zero-order chi connectivity index (χ0) is 17.5. The molecule has 0 aliphatic rings. The van der Waals surface area contributed by atoms with E-state index in [1.54, 1.807) is 7.11 Å². The van der Waals surface area contributed by atoms with E-state index in [2.05, 4.69) is 79.0 Å². The second-order valence-electron chi connectivity index (χ2n) is 6.04. The van der Waals surface area contributed by atoms with E-state index in [4.69, 9.17) is 4.74 Å². The summed E-state index contributed by atoms with van der Waals surface area (Å²) in [6, 6.07) is 27.0. The minimum absolute atomic E-state index is 0.767. The van der Waals surface area contributed by atoms with E-state index in [-0.39, 0.29) is 0 Å². The van der Waals surface area contributed by atoms with Crippen LogP contribution in [0.3, 0.4) is 0 Å². The molecule has 0 amide bonds. The van der Waals surface area contributed by atoms with Crippen LogP contribution in [-0.2, 0) is 0 Å². The van der Waals surface area contributed by atoms with Crippen molar-refractivity contribution < 1.29 is 4.74 Å². The monoisotopic (exact) mass is 329 g/mol. The Balaban J connectivity index is 1.78. The number of ether oxygens (including phenoxy) is 1. The first-order chi connectivity index (χ1) is 12.3. The quantitative estimate of drug-likeness (QED) is 0.610. The van der Waals surface area contributed by atoms with Crippen molar-refractivity contribution in [3.05, 3.63) is 90.0 Å². The molecule has 1 N–H and O–H groups in total. The number of hydrogen-bond acceptors (Lipinski definition) is 2. The summed E-state index contributed by atoms with van der Waals surface area (Å²) in [7, 11) is 1.70. The molecular formula is C23H23NO. The van der Waals surface area contributed by atoms with Gasteiger partial charge < -0.3 is 10.1 Å². The highest BCUT2D eigenvalue weighted by Crippen LogP contribution is 2.30. The Hall–Kier alpha value is -3.00. The van der Waals surface area contributed by atoms with E-state index in [0.717, 1.165) is 18.0 Å². The molecule has 25 heavy (non-hydrogen) atoms. The van der Waals surface area contributed by atoms with Gasteiger partial charge >= 0.3 is 0 Å². The van der Waals surface area contributed by atoms with Gasteiger partial charge in [0.15, 0.2) is 0 Å². The SMILES string of the molecule is COc1ccc(-c2ccccc2)cc1NC/C(C)=C\c1ccccc1. The molecule has 0 unspecified atom stereocenters. The second-order valence-corrected chi connectivity index (χ2v) is 6.04. The molecule has 0 heterocycles. The van der Waals surface area contributed by atoms with E-state index in [0.29, 0.717) is 0 Å². The molecule has 0 atom stereocenters. The molecule has 0 saturated heterocycles. The Morgan fingerprint density at radius 2 is 1.56 bits per heavy atom. The zero-order valence-corrected chi connectivity index (χ0v) is 14.7. The predicted molar refractivity (Wildman–Crippen MR) is 107 cm³/mol. The molecule has 0 saturated carbocycles. The number of benzene rings is 3. The van der Waals surface area contributed by atoms with Crippen molar-refractivity contribution >= 4 is 11.8 Å². The molecule has 0 fully saturated rings. The number of rotatable bonds is 6. The Kier molecular flexibility index (Phi) is 5.53. The number of nitrogens with one attached hydrogen (secondary N) is 1. The average molecular weight is 329 g/mol. The molecule has 0 radical (unpaired) electrons. The van der Waals surface area contributed by atoms with Crippen molar-refractivity contribution in [3.8, 4) is 16.9 Å². The van der Waals surface area contributed by atoms with Gasteiger partial charge in [0.25, 0.3) is 0 Å². The summed E-state index contributed by atoms with van der Waals surface area (Å²) < 4.78 is 5.50. The van der Waals surface area contributed by atoms with Crippen LogP contribution in [0, 0.1) is 0 Å². The summed E-state index contributed by atoms with van der Waals surface area (Å²) in [5.41, 5.74) is 5.85. The van der Waals surface area contributed by atoms with Crippen LogP contribution in [0.1, 0.15) is 12.5 Å². The standard InChI is InChI=1S/C23H23NO/c1-18(15-19-9-5-3-6-10-19)17-24-22-16-21(13-14-23(22)25-2)20-11-7-4-8-12-20/h3-16,24H,17H2,1-2H3/b18-15-. The molecule has 2 nitrogen and oxygen atoms in total. The molecule has 2 heteroatoms. The van der Waals surface area contributed by atoms with Gasteiger partial charge in [-0.05, 0) is 35.7 Å². The first-order valence-electron chi connectivity index (χ1n) is 8.46. The van der Waals surface area contributed by atoms with E-state index in [9.17, 15) is 0 Å². The molecule has 3 aromatic carbocycles. The van der Waals surface area contributed by atoms with E-state index < -0.39 is 0 Å². The van der Waals surface area contributed by atoms with Crippen LogP contribution in [0.4, 0.5) is 5.69 Å². The largest absolute Gasteiger partial charge is 0.495 e. The van der Waals surface area contributed by atoms with Gasteiger partial charge in [-0.25, -0.2) is 0 Å². The lowest BCUT2D eigenvalue weighted by atomic mass is 10.0. The van der Waals surface area contributed by atoms with Crippen molar-refractivity contribution in [3.63, 3.8) is 0 Å². The van der Waals surface area contributed by atoms with Crippen molar-refractivity contribution in [2.24, 2.45) is 0 Å². The summed E-state index contributed by atoms with van der Waals surface area (Å²) in [5, 5.41) is 3.50. The summed E-state index contributed by atoms with van der Waals surface area (Å²) in [6.07, 6.45) is 2.19. The third kappa shape index (κ3) is 4.51. The number of anilines is 1. The van der Waals surface area contributed by atoms with E-state index in [1.165, 1.54) is 22.3 Å². The first-order valence-corrected chi connectivity index (χ1v) is 8.46. The molecule has 3 aromatic rings. The van der Waals surface area contributed by atoms with Crippen LogP contribution < -0.4 is 10.1 Å². The molecule has 0 bridgehead atoms. The lowest BCUT2D eigenvalue weighted by molar-refractivity contribution is 0.416. The van der Waals surface area contributed by atoms with Crippen LogP contribution in [0.5, 0.6) is 5.75 Å². The molecule has 0 spiro atoms. The second kappa shape index (κ2) is 8.20. The maximum absolute atomic E-state index is 5.50. The highest BCUT2D eigenvalue weighted by atomic mass is 16.5. The Morgan fingerprint density at radius 1 is 0.880 bits per heavy atom. The van der Waals surface area contributed by atoms with Crippen molar-refractivity contribution in [2.75, 3.05) is 19.0 Å². The van der Waals surface area contributed by atoms with Gasteiger partial charge in [0.2, 0.25) is 0 Å². The van der Waals surface area contributed by atoms with Gasteiger partial charge in [0.1, 0.15) is 5.75 Å². The van der Waals surface area contributed by atoms with Crippen LogP contribution in [0.25, 0.3) is 17.2 Å². The predicted octanol–water partition coefficient (Wildman–Crippen LogP) is 5.88. The Morgan fingerprint density at radius 3 is 2.24 bits per heavy atom. The first kappa shape index (κ1) is 16.8. The highest BCUT2D eigenvalue weighted by molar-refractivity contribution is 5.72. The summed E-state index contributed by atoms with van der Waals surface area (Å²) in [4.78, 5) is 0. The van der Waals surface area contributed by atoms with E-state index >= 15 is 0 Å². The van der Waals surface area contributed by atoms with Gasteiger partial charge in [0.05, 0.1) is 12.8 Å². The third-order valence-electron chi connectivity index (χ3n) is 4.08. The Labute approximate surface area is 149 Å². The normalized spacial score (nSPS) is 11.2. The number of methoxy groups -OCH3 is 1. The zero-order valence-electron chi connectivity index (χ0n) is 14.7. The van der Waals surface area contributed by atoms with Crippen LogP contribution >= 0.6 is 0 Å². The molecule has 0 aromatic heterocycles. The lowest BCUT2D eigenvalue weighted by Crippen LogP contribution is -2.04. The summed E-state index contributed by atoms with van der Waals surface area (Å²) in [6.45, 7) is 2.90. The van der Waals surface area contributed by atoms with Gasteiger partial charge in [-0.15, -0.1) is 0 Å². The van der Waals surface area contributed by atoms with Gasteiger partial charge in [0, 0.05) is 6.54 Å². The van der Waals surface area contributed by atoms with Crippen molar-refractivity contribution in [1.29, 1.82) is 0 Å². The van der Waals surface area contributed by atoms with Crippen molar-refractivity contribution in [1.82, 2.24) is 0 Å². The maximum atomic E-state index is 5.50. The molecule has 0 aliphatic carbocycles. The molecular weight excluding hydrogens is 306 g/mol. The fraction of sp³-hybridized carbons (Fsp3) is 0.130. The average Bonchev–Trinajstić information content (AvgIpc) is 2.67.